The van der Waals surface area contributed by atoms with E-state index in [4.69, 9.17) is 9.88 Å². The molecule has 1 aromatic rings. The van der Waals surface area contributed by atoms with Gasteiger partial charge in [0, 0.05) is 6.07 Å². The van der Waals surface area contributed by atoms with Gasteiger partial charge in [-0.3, -0.25) is 4.79 Å². The molecular formula is C8H8FNO4S. The van der Waals surface area contributed by atoms with Crippen molar-refractivity contribution in [2.75, 3.05) is 7.11 Å². The third kappa shape index (κ3) is 2.31. The predicted octanol–water partition coefficient (Wildman–Crippen LogP) is 0.294. The van der Waals surface area contributed by atoms with Gasteiger partial charge in [0.2, 0.25) is 10.0 Å². The molecule has 5 nitrogen and oxygen atoms in total. The number of aldehydes is 1. The highest BCUT2D eigenvalue weighted by Gasteiger charge is 2.19. The quantitative estimate of drug-likeness (QED) is 0.760. The van der Waals surface area contributed by atoms with E-state index in [1.165, 1.54) is 7.11 Å². The summed E-state index contributed by atoms with van der Waals surface area (Å²) in [7, 11) is -2.95. The summed E-state index contributed by atoms with van der Waals surface area (Å²) >= 11 is 0. The average molecular weight is 233 g/mol. The van der Waals surface area contributed by atoms with Crippen LogP contribution in [0.5, 0.6) is 5.75 Å². The summed E-state index contributed by atoms with van der Waals surface area (Å²) < 4.78 is 40.0. The van der Waals surface area contributed by atoms with Gasteiger partial charge in [-0.25, -0.2) is 17.9 Å². The van der Waals surface area contributed by atoms with Crippen molar-refractivity contribution in [2.24, 2.45) is 5.14 Å². The number of nitrogens with two attached hydrogens (primary N) is 1. The van der Waals surface area contributed by atoms with Crippen LogP contribution < -0.4 is 9.88 Å². The highest BCUT2D eigenvalue weighted by molar-refractivity contribution is 7.89. The maximum atomic E-state index is 13.3. The van der Waals surface area contributed by atoms with Crippen molar-refractivity contribution in [3.05, 3.63) is 23.5 Å². The fourth-order valence-electron chi connectivity index (χ4n) is 1.00. The molecule has 0 radical (unpaired) electrons. The second-order valence-corrected chi connectivity index (χ2v) is 4.22. The largest absolute Gasteiger partial charge is 0.497 e. The number of benzene rings is 1. The van der Waals surface area contributed by atoms with E-state index >= 15 is 0 Å². The van der Waals surface area contributed by atoms with Crippen LogP contribution in [0.25, 0.3) is 0 Å². The fourth-order valence-corrected chi connectivity index (χ4v) is 1.65. The van der Waals surface area contributed by atoms with Crippen molar-refractivity contribution in [1.29, 1.82) is 0 Å². The van der Waals surface area contributed by atoms with Crippen molar-refractivity contribution in [2.45, 2.75) is 4.90 Å². The summed E-state index contributed by atoms with van der Waals surface area (Å²) in [5, 5.41) is 4.77. The van der Waals surface area contributed by atoms with Crippen LogP contribution >= 0.6 is 0 Å². The lowest BCUT2D eigenvalue weighted by atomic mass is 10.2. The summed E-state index contributed by atoms with van der Waals surface area (Å²) in [6, 6.07) is 1.99. The summed E-state index contributed by atoms with van der Waals surface area (Å²) in [4.78, 5) is 9.68. The number of ether oxygens (including phenoxy) is 1. The number of sulfonamides is 1. The lowest BCUT2D eigenvalue weighted by Gasteiger charge is -2.06. The standard InChI is InChI=1S/C8H8FNO4S/c1-14-6-2-5(4-11)8(9)7(3-6)15(10,12)13/h2-4H,1H3,(H2,10,12,13). The van der Waals surface area contributed by atoms with Crippen LogP contribution in [0, 0.1) is 5.82 Å². The summed E-state index contributed by atoms with van der Waals surface area (Å²) in [5.74, 6) is -1.13. The van der Waals surface area contributed by atoms with E-state index in [-0.39, 0.29) is 12.0 Å². The molecule has 0 fully saturated rings. The summed E-state index contributed by atoms with van der Waals surface area (Å²) in [6.45, 7) is 0. The topological polar surface area (TPSA) is 86.5 Å². The third-order valence-corrected chi connectivity index (χ3v) is 2.62. The molecule has 0 saturated carbocycles. The molecule has 0 saturated heterocycles. The molecular weight excluding hydrogens is 225 g/mol. The van der Waals surface area contributed by atoms with Crippen molar-refractivity contribution in [3.8, 4) is 5.75 Å². The molecule has 0 amide bonds. The number of hydrogen-bond acceptors (Lipinski definition) is 4. The van der Waals surface area contributed by atoms with Crippen LogP contribution in [0.2, 0.25) is 0 Å². The molecule has 0 aliphatic rings. The first-order chi connectivity index (χ1) is 6.90. The maximum Gasteiger partial charge on any atom is 0.241 e. The van der Waals surface area contributed by atoms with Gasteiger partial charge in [0.1, 0.15) is 10.6 Å². The number of primary sulfonamides is 1. The van der Waals surface area contributed by atoms with Crippen molar-refractivity contribution >= 4 is 16.3 Å². The first-order valence-electron chi connectivity index (χ1n) is 3.75. The minimum Gasteiger partial charge on any atom is -0.497 e. The molecule has 0 heterocycles. The van der Waals surface area contributed by atoms with Gasteiger partial charge in [0.15, 0.2) is 12.1 Å². The van der Waals surface area contributed by atoms with E-state index in [1.807, 2.05) is 0 Å². The number of hydrogen-bond donors (Lipinski definition) is 1. The van der Waals surface area contributed by atoms with Crippen LogP contribution in [-0.4, -0.2) is 21.8 Å². The number of halogens is 1. The van der Waals surface area contributed by atoms with E-state index in [0.717, 1.165) is 12.1 Å². The lowest BCUT2D eigenvalue weighted by Crippen LogP contribution is -2.15. The SMILES string of the molecule is COc1cc(C=O)c(F)c(S(N)(=O)=O)c1. The van der Waals surface area contributed by atoms with E-state index in [2.05, 4.69) is 0 Å². The fraction of sp³-hybridized carbons (Fsp3) is 0.125. The van der Waals surface area contributed by atoms with Gasteiger partial charge in [-0.1, -0.05) is 0 Å². The molecule has 0 spiro atoms. The Balaban J connectivity index is 3.58. The molecule has 0 aliphatic carbocycles. The van der Waals surface area contributed by atoms with Crippen molar-refractivity contribution in [3.63, 3.8) is 0 Å². The van der Waals surface area contributed by atoms with Crippen molar-refractivity contribution < 1.29 is 22.3 Å². The lowest BCUT2D eigenvalue weighted by molar-refractivity contribution is 0.111. The molecule has 0 aromatic heterocycles. The van der Waals surface area contributed by atoms with Crippen LogP contribution in [0.3, 0.4) is 0 Å². The molecule has 0 aliphatic heterocycles. The van der Waals surface area contributed by atoms with Crippen LogP contribution in [0.4, 0.5) is 4.39 Å². The van der Waals surface area contributed by atoms with E-state index in [9.17, 15) is 17.6 Å². The highest BCUT2D eigenvalue weighted by atomic mass is 32.2. The Morgan fingerprint density at radius 1 is 1.47 bits per heavy atom. The van der Waals surface area contributed by atoms with Crippen LogP contribution in [0.1, 0.15) is 10.4 Å². The van der Waals surface area contributed by atoms with E-state index < -0.39 is 26.3 Å². The normalized spacial score (nSPS) is 11.1. The smallest absolute Gasteiger partial charge is 0.241 e. The Morgan fingerprint density at radius 2 is 2.07 bits per heavy atom. The van der Waals surface area contributed by atoms with Gasteiger partial charge in [0.25, 0.3) is 0 Å². The van der Waals surface area contributed by atoms with Gasteiger partial charge in [0.05, 0.1) is 12.7 Å². The summed E-state index contributed by atoms with van der Waals surface area (Å²) in [6.07, 6.45) is 0.187. The monoisotopic (exact) mass is 233 g/mol. The molecule has 0 bridgehead atoms. The predicted molar refractivity (Wildman–Crippen MR) is 49.7 cm³/mol. The second kappa shape index (κ2) is 3.95. The molecule has 82 valence electrons. The third-order valence-electron chi connectivity index (χ3n) is 1.71. The van der Waals surface area contributed by atoms with Gasteiger partial charge < -0.3 is 4.74 Å². The molecule has 0 unspecified atom stereocenters. The van der Waals surface area contributed by atoms with Crippen LogP contribution in [0.15, 0.2) is 17.0 Å². The van der Waals surface area contributed by atoms with Crippen molar-refractivity contribution in [1.82, 2.24) is 0 Å². The first-order valence-corrected chi connectivity index (χ1v) is 5.30. The van der Waals surface area contributed by atoms with Gasteiger partial charge in [-0.15, -0.1) is 0 Å². The average Bonchev–Trinajstić information content (AvgIpc) is 2.16. The number of carbonyl (C=O) groups is 1. The minimum atomic E-state index is -4.21. The second-order valence-electron chi connectivity index (χ2n) is 2.69. The minimum absolute atomic E-state index is 0.0440. The van der Waals surface area contributed by atoms with Gasteiger partial charge >= 0.3 is 0 Å². The number of rotatable bonds is 3. The Kier molecular flexibility index (Phi) is 3.06. The number of methoxy groups -OCH3 is 1. The molecule has 0 atom stereocenters. The zero-order valence-electron chi connectivity index (χ0n) is 7.73. The molecule has 1 rings (SSSR count). The molecule has 7 heteroatoms. The number of carbonyl (C=O) groups excluding carboxylic acids is 1. The van der Waals surface area contributed by atoms with E-state index in [1.54, 1.807) is 0 Å². The molecule has 15 heavy (non-hydrogen) atoms. The Morgan fingerprint density at radius 3 is 2.47 bits per heavy atom. The summed E-state index contributed by atoms with van der Waals surface area (Å²) in [5.41, 5.74) is -0.418. The maximum absolute atomic E-state index is 13.3. The zero-order chi connectivity index (χ0) is 11.6. The molecule has 2 N–H and O–H groups in total. The van der Waals surface area contributed by atoms with Gasteiger partial charge in [-0.2, -0.15) is 0 Å². The van der Waals surface area contributed by atoms with Gasteiger partial charge in [-0.05, 0) is 6.07 Å². The van der Waals surface area contributed by atoms with E-state index in [0.29, 0.717) is 0 Å². The highest BCUT2D eigenvalue weighted by Crippen LogP contribution is 2.23. The Hall–Kier alpha value is -1.47. The van der Waals surface area contributed by atoms with Crippen LogP contribution in [-0.2, 0) is 10.0 Å². The zero-order valence-corrected chi connectivity index (χ0v) is 8.55. The Labute approximate surface area is 85.7 Å². The first kappa shape index (κ1) is 11.6. The Bertz CT molecular complexity index is 498. The molecule has 1 aromatic carbocycles.